The molecule has 0 aromatic heterocycles. The molecule has 0 saturated heterocycles. The predicted molar refractivity (Wildman–Crippen MR) is 85.9 cm³/mol. The van der Waals surface area contributed by atoms with E-state index >= 15 is 0 Å². The van der Waals surface area contributed by atoms with E-state index < -0.39 is 0 Å². The van der Waals surface area contributed by atoms with E-state index in [9.17, 15) is 0 Å². The molecular formula is C15H23ClN4O. The lowest BCUT2D eigenvalue weighted by Crippen LogP contribution is -2.56. The molecule has 0 bridgehead atoms. The Balaban J connectivity index is 1.95. The third kappa shape index (κ3) is 3.48. The van der Waals surface area contributed by atoms with Crippen molar-refractivity contribution in [1.29, 1.82) is 0 Å². The summed E-state index contributed by atoms with van der Waals surface area (Å²) in [5, 5.41) is 15.8. The zero-order valence-corrected chi connectivity index (χ0v) is 13.3. The van der Waals surface area contributed by atoms with Crippen LogP contribution in [0.1, 0.15) is 30.4 Å². The number of oxime groups is 1. The van der Waals surface area contributed by atoms with E-state index in [2.05, 4.69) is 29.5 Å². The summed E-state index contributed by atoms with van der Waals surface area (Å²) >= 11 is 6.25. The van der Waals surface area contributed by atoms with E-state index in [1.54, 1.807) is 6.07 Å². The maximum absolute atomic E-state index is 8.67. The highest BCUT2D eigenvalue weighted by Crippen LogP contribution is 2.35. The minimum Gasteiger partial charge on any atom is -0.409 e. The van der Waals surface area contributed by atoms with Gasteiger partial charge in [0.25, 0.3) is 0 Å². The molecule has 1 aliphatic carbocycles. The van der Waals surface area contributed by atoms with Gasteiger partial charge in [0.1, 0.15) is 0 Å². The summed E-state index contributed by atoms with van der Waals surface area (Å²) in [6.07, 6.45) is 3.78. The highest BCUT2D eigenvalue weighted by Gasteiger charge is 2.38. The van der Waals surface area contributed by atoms with Gasteiger partial charge in [-0.15, -0.1) is 0 Å². The largest absolute Gasteiger partial charge is 0.409 e. The molecule has 1 saturated carbocycles. The fourth-order valence-electron chi connectivity index (χ4n) is 2.70. The molecule has 0 heterocycles. The van der Waals surface area contributed by atoms with Crippen LogP contribution in [0.2, 0.25) is 5.02 Å². The number of hydrogen-bond acceptors (Lipinski definition) is 4. The molecule has 0 amide bonds. The van der Waals surface area contributed by atoms with E-state index in [1.807, 2.05) is 12.1 Å². The van der Waals surface area contributed by atoms with Crippen LogP contribution in [0.5, 0.6) is 0 Å². The van der Waals surface area contributed by atoms with Gasteiger partial charge in [-0.2, -0.15) is 0 Å². The number of nitrogens with two attached hydrogens (primary N) is 1. The third-order valence-electron chi connectivity index (χ3n) is 4.46. The molecule has 116 valence electrons. The molecule has 21 heavy (non-hydrogen) atoms. The number of rotatable bonds is 6. The van der Waals surface area contributed by atoms with Gasteiger partial charge in [-0.3, -0.25) is 0 Å². The molecule has 1 aromatic carbocycles. The van der Waals surface area contributed by atoms with Crippen molar-refractivity contribution >= 4 is 17.4 Å². The van der Waals surface area contributed by atoms with E-state index in [1.165, 1.54) is 19.3 Å². The Morgan fingerprint density at radius 2 is 2.19 bits per heavy atom. The molecule has 6 heteroatoms. The normalized spacial score (nSPS) is 17.8. The topological polar surface area (TPSA) is 73.9 Å². The van der Waals surface area contributed by atoms with Gasteiger partial charge in [-0.25, -0.2) is 0 Å². The molecule has 1 aromatic rings. The summed E-state index contributed by atoms with van der Waals surface area (Å²) in [4.78, 5) is 2.31. The summed E-state index contributed by atoms with van der Waals surface area (Å²) in [6.45, 7) is 1.67. The highest BCUT2D eigenvalue weighted by molar-refractivity contribution is 6.31. The van der Waals surface area contributed by atoms with Crippen molar-refractivity contribution < 1.29 is 5.21 Å². The van der Waals surface area contributed by atoms with Crippen molar-refractivity contribution in [3.05, 3.63) is 34.3 Å². The van der Waals surface area contributed by atoms with Crippen LogP contribution in [-0.4, -0.2) is 42.1 Å². The van der Waals surface area contributed by atoms with Gasteiger partial charge in [0.15, 0.2) is 5.84 Å². The first kappa shape index (κ1) is 16.1. The lowest BCUT2D eigenvalue weighted by molar-refractivity contribution is 0.0598. The van der Waals surface area contributed by atoms with Gasteiger partial charge in [0.05, 0.1) is 0 Å². The van der Waals surface area contributed by atoms with Crippen LogP contribution in [0.4, 0.5) is 0 Å². The first-order valence-electron chi connectivity index (χ1n) is 7.13. The van der Waals surface area contributed by atoms with Crippen LogP contribution in [0, 0.1) is 0 Å². The monoisotopic (exact) mass is 310 g/mol. The fourth-order valence-corrected chi connectivity index (χ4v) is 2.95. The van der Waals surface area contributed by atoms with Crippen LogP contribution in [0.25, 0.3) is 0 Å². The molecule has 4 N–H and O–H groups in total. The van der Waals surface area contributed by atoms with Gasteiger partial charge in [-0.05, 0) is 45.0 Å². The fraction of sp³-hybridized carbons (Fsp3) is 0.533. The molecule has 1 aliphatic rings. The lowest BCUT2D eigenvalue weighted by Gasteiger charge is -2.47. The van der Waals surface area contributed by atoms with Crippen molar-refractivity contribution in [3.8, 4) is 0 Å². The number of nitrogens with zero attached hydrogens (tertiary/aromatic N) is 2. The minimum absolute atomic E-state index is 0.0671. The van der Waals surface area contributed by atoms with Crippen molar-refractivity contribution in [1.82, 2.24) is 10.2 Å². The predicted octanol–water partition coefficient (Wildman–Crippen LogP) is 2.01. The Morgan fingerprint density at radius 3 is 2.67 bits per heavy atom. The lowest BCUT2D eigenvalue weighted by atomic mass is 9.75. The molecule has 2 rings (SSSR count). The Bertz CT molecular complexity index is 526. The van der Waals surface area contributed by atoms with Crippen molar-refractivity contribution in [3.63, 3.8) is 0 Å². The smallest absolute Gasteiger partial charge is 0.170 e. The molecule has 1 fully saturated rings. The van der Waals surface area contributed by atoms with Gasteiger partial charge >= 0.3 is 0 Å². The maximum Gasteiger partial charge on any atom is 0.170 e. The SMILES string of the molecule is CN(C)C1(CNCc2ccc(/C(N)=N/O)cc2Cl)CCC1. The number of nitrogens with one attached hydrogen (secondary N) is 1. The van der Waals surface area contributed by atoms with Crippen molar-refractivity contribution in [2.75, 3.05) is 20.6 Å². The van der Waals surface area contributed by atoms with E-state index in [0.717, 1.165) is 12.1 Å². The van der Waals surface area contributed by atoms with Crippen LogP contribution in [0.15, 0.2) is 23.4 Å². The minimum atomic E-state index is 0.0671. The van der Waals surface area contributed by atoms with Crippen LogP contribution < -0.4 is 11.1 Å². The molecular weight excluding hydrogens is 288 g/mol. The van der Waals surface area contributed by atoms with Crippen LogP contribution in [0.3, 0.4) is 0 Å². The summed E-state index contributed by atoms with van der Waals surface area (Å²) < 4.78 is 0. The molecule has 0 atom stereocenters. The Hall–Kier alpha value is -1.30. The number of halogens is 1. The average Bonchev–Trinajstić information content (AvgIpc) is 2.41. The second-order valence-corrected chi connectivity index (χ2v) is 6.27. The highest BCUT2D eigenvalue weighted by atomic mass is 35.5. The van der Waals surface area contributed by atoms with Crippen LogP contribution >= 0.6 is 11.6 Å². The molecule has 0 aliphatic heterocycles. The summed E-state index contributed by atoms with van der Waals surface area (Å²) in [5.74, 6) is 0.0671. The van der Waals surface area contributed by atoms with E-state index in [-0.39, 0.29) is 5.84 Å². The second-order valence-electron chi connectivity index (χ2n) is 5.87. The Morgan fingerprint density at radius 1 is 1.48 bits per heavy atom. The first-order chi connectivity index (χ1) is 9.98. The molecule has 5 nitrogen and oxygen atoms in total. The molecule has 0 unspecified atom stereocenters. The van der Waals surface area contributed by atoms with Gasteiger partial charge < -0.3 is 21.2 Å². The van der Waals surface area contributed by atoms with Gasteiger partial charge in [0.2, 0.25) is 0 Å². The van der Waals surface area contributed by atoms with Crippen molar-refractivity contribution in [2.45, 2.75) is 31.3 Å². The number of likely N-dealkylation sites (N-methyl/N-ethyl adjacent to an activating group) is 1. The van der Waals surface area contributed by atoms with Crippen molar-refractivity contribution in [2.24, 2.45) is 10.9 Å². The number of benzene rings is 1. The van der Waals surface area contributed by atoms with Gasteiger partial charge in [-0.1, -0.05) is 28.9 Å². The summed E-state index contributed by atoms with van der Waals surface area (Å²) in [5.41, 5.74) is 7.48. The molecule has 0 spiro atoms. The molecule has 0 radical (unpaired) electrons. The maximum atomic E-state index is 8.67. The van der Waals surface area contributed by atoms with E-state index in [0.29, 0.717) is 22.7 Å². The van der Waals surface area contributed by atoms with E-state index in [4.69, 9.17) is 22.5 Å². The summed E-state index contributed by atoms with van der Waals surface area (Å²) in [6, 6.07) is 5.44. The van der Waals surface area contributed by atoms with Gasteiger partial charge in [0, 0.05) is 29.2 Å². The third-order valence-corrected chi connectivity index (χ3v) is 4.81. The number of hydrogen-bond donors (Lipinski definition) is 3. The Kier molecular flexibility index (Phi) is 5.08. The zero-order chi connectivity index (χ0) is 15.5. The first-order valence-corrected chi connectivity index (χ1v) is 7.51. The summed E-state index contributed by atoms with van der Waals surface area (Å²) in [7, 11) is 4.28. The van der Waals surface area contributed by atoms with Crippen LogP contribution in [-0.2, 0) is 6.54 Å². The standard InChI is InChI=1S/C15H23ClN4O/c1-20(2)15(6-3-7-15)10-18-9-12-5-4-11(8-13(12)16)14(17)19-21/h4-5,8,18,21H,3,6-7,9-10H2,1-2H3,(H2,17,19). The zero-order valence-electron chi connectivity index (χ0n) is 12.6. The average molecular weight is 311 g/mol. The quantitative estimate of drug-likeness (QED) is 0.325. The number of amidine groups is 1. The Labute approximate surface area is 130 Å². The second kappa shape index (κ2) is 6.64.